The van der Waals surface area contributed by atoms with Crippen molar-refractivity contribution >= 4 is 29.9 Å². The average Bonchev–Trinajstić information content (AvgIpc) is 2.69. The molecule has 2 aliphatic heterocycles. The first-order valence-corrected chi connectivity index (χ1v) is 10.4. The van der Waals surface area contributed by atoms with Gasteiger partial charge in [-0.3, -0.25) is 9.59 Å². The number of halogens is 1. The highest BCUT2D eigenvalue weighted by Gasteiger charge is 2.25. The van der Waals surface area contributed by atoms with Crippen molar-refractivity contribution in [3.05, 3.63) is 29.8 Å². The number of amides is 2. The molecule has 0 bridgehead atoms. The van der Waals surface area contributed by atoms with Gasteiger partial charge in [-0.2, -0.15) is 0 Å². The maximum absolute atomic E-state index is 12.9. The van der Waals surface area contributed by atoms with Gasteiger partial charge in [0, 0.05) is 19.5 Å². The van der Waals surface area contributed by atoms with Crippen LogP contribution in [0.4, 0.5) is 5.69 Å². The zero-order chi connectivity index (χ0) is 19.2. The number of rotatable bonds is 5. The van der Waals surface area contributed by atoms with Crippen molar-refractivity contribution in [2.24, 2.45) is 17.8 Å². The molecule has 156 valence electrons. The summed E-state index contributed by atoms with van der Waals surface area (Å²) in [6.45, 7) is 8.09. The number of carbonyl (C=O) groups is 2. The molecule has 0 saturated carbocycles. The Morgan fingerprint density at radius 1 is 1.14 bits per heavy atom. The summed E-state index contributed by atoms with van der Waals surface area (Å²) in [6.07, 6.45) is 4.88. The molecule has 0 radical (unpaired) electrons. The van der Waals surface area contributed by atoms with E-state index < -0.39 is 0 Å². The van der Waals surface area contributed by atoms with Crippen LogP contribution >= 0.6 is 12.4 Å². The zero-order valence-corrected chi connectivity index (χ0v) is 17.9. The van der Waals surface area contributed by atoms with E-state index in [0.717, 1.165) is 51.9 Å². The van der Waals surface area contributed by atoms with Crippen LogP contribution in [0.2, 0.25) is 0 Å². The second kappa shape index (κ2) is 10.8. The van der Waals surface area contributed by atoms with E-state index in [-0.39, 0.29) is 24.2 Å². The third-order valence-corrected chi connectivity index (χ3v) is 6.20. The Bertz CT molecular complexity index is 653. The third-order valence-electron chi connectivity index (χ3n) is 6.20. The van der Waals surface area contributed by atoms with Crippen molar-refractivity contribution in [1.82, 2.24) is 10.2 Å². The molecule has 2 N–H and O–H groups in total. The fourth-order valence-electron chi connectivity index (χ4n) is 4.23. The van der Waals surface area contributed by atoms with Crippen LogP contribution < -0.4 is 10.6 Å². The van der Waals surface area contributed by atoms with Crippen LogP contribution in [0.25, 0.3) is 0 Å². The van der Waals surface area contributed by atoms with Gasteiger partial charge in [0.2, 0.25) is 5.91 Å². The van der Waals surface area contributed by atoms with Crippen LogP contribution in [0.3, 0.4) is 0 Å². The van der Waals surface area contributed by atoms with Crippen LogP contribution in [0.5, 0.6) is 0 Å². The summed E-state index contributed by atoms with van der Waals surface area (Å²) >= 11 is 0. The van der Waals surface area contributed by atoms with Crippen molar-refractivity contribution < 1.29 is 9.59 Å². The molecule has 2 aliphatic rings. The standard InChI is InChI=1S/C22H33N3O2.ClH/c1-16-9-13-25(14-10-16)22(27)19-5-3-4-6-20(19)24-21(26)15-17(2)18-7-11-23-12-8-18;/h3-6,16-18,23H,7-15H2,1-2H3,(H,24,26);1H. The molecule has 5 nitrogen and oxygen atoms in total. The van der Waals surface area contributed by atoms with Crippen molar-refractivity contribution in [2.75, 3.05) is 31.5 Å². The third kappa shape index (κ3) is 5.95. The predicted octanol–water partition coefficient (Wildman–Crippen LogP) is 3.94. The van der Waals surface area contributed by atoms with Gasteiger partial charge in [0.05, 0.1) is 11.3 Å². The molecule has 2 fully saturated rings. The Morgan fingerprint density at radius 3 is 2.46 bits per heavy atom. The Morgan fingerprint density at radius 2 is 1.79 bits per heavy atom. The summed E-state index contributed by atoms with van der Waals surface area (Å²) in [7, 11) is 0. The van der Waals surface area contributed by atoms with Gasteiger partial charge < -0.3 is 15.5 Å². The summed E-state index contributed by atoms with van der Waals surface area (Å²) < 4.78 is 0. The van der Waals surface area contributed by atoms with Crippen molar-refractivity contribution in [3.63, 3.8) is 0 Å². The largest absolute Gasteiger partial charge is 0.339 e. The Labute approximate surface area is 175 Å². The number of nitrogens with zero attached hydrogens (tertiary/aromatic N) is 1. The highest BCUT2D eigenvalue weighted by atomic mass is 35.5. The minimum Gasteiger partial charge on any atom is -0.339 e. The molecule has 1 unspecified atom stereocenters. The van der Waals surface area contributed by atoms with Gasteiger partial charge in [-0.1, -0.05) is 26.0 Å². The number of para-hydroxylation sites is 1. The van der Waals surface area contributed by atoms with Crippen LogP contribution in [0.1, 0.15) is 56.3 Å². The molecule has 0 aliphatic carbocycles. The van der Waals surface area contributed by atoms with E-state index in [0.29, 0.717) is 35.4 Å². The monoisotopic (exact) mass is 407 g/mol. The zero-order valence-electron chi connectivity index (χ0n) is 17.1. The summed E-state index contributed by atoms with van der Waals surface area (Å²) in [5.41, 5.74) is 1.25. The van der Waals surface area contributed by atoms with Gasteiger partial charge in [0.25, 0.3) is 5.91 Å². The highest BCUT2D eigenvalue weighted by Crippen LogP contribution is 2.26. The summed E-state index contributed by atoms with van der Waals surface area (Å²) in [5, 5.41) is 6.38. The lowest BCUT2D eigenvalue weighted by Crippen LogP contribution is -2.38. The fraction of sp³-hybridized carbons (Fsp3) is 0.636. The summed E-state index contributed by atoms with van der Waals surface area (Å²) in [6, 6.07) is 7.41. The molecule has 3 rings (SSSR count). The molecule has 28 heavy (non-hydrogen) atoms. The molecular weight excluding hydrogens is 374 g/mol. The second-order valence-corrected chi connectivity index (χ2v) is 8.34. The number of anilines is 1. The highest BCUT2D eigenvalue weighted by molar-refractivity contribution is 6.03. The lowest BCUT2D eigenvalue weighted by molar-refractivity contribution is -0.117. The number of piperidine rings is 2. The topological polar surface area (TPSA) is 61.4 Å². The normalized spacial score (nSPS) is 19.6. The summed E-state index contributed by atoms with van der Waals surface area (Å²) in [4.78, 5) is 27.5. The number of nitrogens with one attached hydrogen (secondary N) is 2. The van der Waals surface area contributed by atoms with E-state index in [2.05, 4.69) is 24.5 Å². The van der Waals surface area contributed by atoms with Crippen molar-refractivity contribution in [2.45, 2.75) is 46.0 Å². The second-order valence-electron chi connectivity index (χ2n) is 8.34. The van der Waals surface area contributed by atoms with E-state index in [4.69, 9.17) is 0 Å². The fourth-order valence-corrected chi connectivity index (χ4v) is 4.23. The molecule has 1 aromatic carbocycles. The minimum absolute atomic E-state index is 0. The van der Waals surface area contributed by atoms with Crippen molar-refractivity contribution in [3.8, 4) is 0 Å². The van der Waals surface area contributed by atoms with E-state index >= 15 is 0 Å². The first kappa shape index (κ1) is 22.7. The molecule has 0 spiro atoms. The molecule has 6 heteroatoms. The average molecular weight is 408 g/mol. The van der Waals surface area contributed by atoms with Crippen LogP contribution in [-0.2, 0) is 4.79 Å². The maximum Gasteiger partial charge on any atom is 0.255 e. The van der Waals surface area contributed by atoms with E-state index in [1.807, 2.05) is 29.2 Å². The maximum atomic E-state index is 12.9. The van der Waals surface area contributed by atoms with Crippen LogP contribution in [-0.4, -0.2) is 42.9 Å². The van der Waals surface area contributed by atoms with Crippen molar-refractivity contribution in [1.29, 1.82) is 0 Å². The minimum atomic E-state index is 0. The van der Waals surface area contributed by atoms with Gasteiger partial charge in [-0.05, 0) is 68.7 Å². The molecule has 2 heterocycles. The Kier molecular flexibility index (Phi) is 8.77. The smallest absolute Gasteiger partial charge is 0.255 e. The predicted molar refractivity (Wildman–Crippen MR) is 116 cm³/mol. The first-order chi connectivity index (χ1) is 13.0. The van der Waals surface area contributed by atoms with Gasteiger partial charge in [0.15, 0.2) is 0 Å². The SMILES string of the molecule is CC1CCN(C(=O)c2ccccc2NC(=O)CC(C)C2CCNCC2)CC1.Cl. The van der Waals surface area contributed by atoms with Gasteiger partial charge >= 0.3 is 0 Å². The lowest BCUT2D eigenvalue weighted by atomic mass is 9.84. The number of hydrogen-bond donors (Lipinski definition) is 2. The lowest BCUT2D eigenvalue weighted by Gasteiger charge is -2.31. The van der Waals surface area contributed by atoms with Crippen LogP contribution in [0, 0.1) is 17.8 Å². The number of carbonyl (C=O) groups excluding carboxylic acids is 2. The summed E-state index contributed by atoms with van der Waals surface area (Å²) in [5.74, 6) is 1.68. The molecule has 2 saturated heterocycles. The number of likely N-dealkylation sites (tertiary alicyclic amines) is 1. The van der Waals surface area contributed by atoms with Gasteiger partial charge in [-0.25, -0.2) is 0 Å². The van der Waals surface area contributed by atoms with Gasteiger partial charge in [0.1, 0.15) is 0 Å². The van der Waals surface area contributed by atoms with Gasteiger partial charge in [-0.15, -0.1) is 12.4 Å². The molecule has 1 atom stereocenters. The molecule has 0 aromatic heterocycles. The Hall–Kier alpha value is -1.59. The molecule has 2 amide bonds. The molecular formula is C22H34ClN3O2. The Balaban J connectivity index is 0.00000280. The number of benzene rings is 1. The number of hydrogen-bond acceptors (Lipinski definition) is 3. The van der Waals surface area contributed by atoms with Crippen LogP contribution in [0.15, 0.2) is 24.3 Å². The quantitative estimate of drug-likeness (QED) is 0.776. The first-order valence-electron chi connectivity index (χ1n) is 10.4. The van der Waals surface area contributed by atoms with E-state index in [1.54, 1.807) is 0 Å². The molecule has 1 aromatic rings. The van der Waals surface area contributed by atoms with E-state index in [9.17, 15) is 9.59 Å². The van der Waals surface area contributed by atoms with E-state index in [1.165, 1.54) is 0 Å².